The van der Waals surface area contributed by atoms with E-state index < -0.39 is 16.5 Å². The van der Waals surface area contributed by atoms with E-state index in [1.165, 1.54) is 24.5 Å². The fourth-order valence-electron chi connectivity index (χ4n) is 3.08. The Balaban J connectivity index is 1.76. The van der Waals surface area contributed by atoms with Crippen LogP contribution in [-0.2, 0) is 17.8 Å². The lowest BCUT2D eigenvalue weighted by Crippen LogP contribution is -2.31. The van der Waals surface area contributed by atoms with Crippen molar-refractivity contribution in [2.45, 2.75) is 32.9 Å². The largest absolute Gasteiger partial charge is 0.493 e. The summed E-state index contributed by atoms with van der Waals surface area (Å²) in [7, 11) is 1.38. The lowest BCUT2D eigenvalue weighted by atomic mass is 10.1. The highest BCUT2D eigenvalue weighted by Crippen LogP contribution is 2.35. The first-order valence-corrected chi connectivity index (χ1v) is 11.3. The van der Waals surface area contributed by atoms with E-state index in [0.717, 1.165) is 11.6 Å². The molecule has 2 amide bonds. The minimum atomic E-state index is -0.679. The second kappa shape index (κ2) is 11.2. The second-order valence-corrected chi connectivity index (χ2v) is 8.31. The number of nitrogens with zero attached hydrogens (tertiary/aromatic N) is 2. The van der Waals surface area contributed by atoms with Crippen LogP contribution in [0.25, 0.3) is 0 Å². The first-order valence-electron chi connectivity index (χ1n) is 10.3. The maximum Gasteiger partial charge on any atom is 0.286 e. The molecule has 0 saturated heterocycles. The first kappa shape index (κ1) is 24.6. The second-order valence-electron chi connectivity index (χ2n) is 7.60. The van der Waals surface area contributed by atoms with Crippen LogP contribution in [-0.4, -0.2) is 34.9 Å². The highest BCUT2D eigenvalue weighted by molar-refractivity contribution is 7.07. The number of hydrogen-bond acceptors (Lipinski definition) is 8. The van der Waals surface area contributed by atoms with Crippen LogP contribution in [0, 0.1) is 10.1 Å². The Hall–Kier alpha value is -3.99. The molecule has 178 valence electrons. The number of nitrogens with one attached hydrogen (secondary N) is 2. The predicted molar refractivity (Wildman–Crippen MR) is 127 cm³/mol. The molecule has 0 unspecified atom stereocenters. The number of nitro groups is 1. The molecule has 0 aliphatic rings. The van der Waals surface area contributed by atoms with Gasteiger partial charge in [-0.15, -0.1) is 11.3 Å². The van der Waals surface area contributed by atoms with Gasteiger partial charge in [-0.2, -0.15) is 0 Å². The van der Waals surface area contributed by atoms with Crippen molar-refractivity contribution in [3.05, 3.63) is 74.2 Å². The van der Waals surface area contributed by atoms with Crippen LogP contribution in [0.5, 0.6) is 11.5 Å². The third-order valence-electron chi connectivity index (χ3n) is 4.61. The molecular formula is C23H24N4O6S. The molecule has 1 aromatic heterocycles. The molecule has 0 atom stereocenters. The van der Waals surface area contributed by atoms with Crippen LogP contribution in [0.4, 0.5) is 11.4 Å². The number of carbonyl (C=O) groups is 2. The monoisotopic (exact) mass is 484 g/mol. The minimum Gasteiger partial charge on any atom is -0.493 e. The Labute approximate surface area is 200 Å². The first-order chi connectivity index (χ1) is 16.3. The van der Waals surface area contributed by atoms with Crippen molar-refractivity contribution in [3.63, 3.8) is 0 Å². The normalized spacial score (nSPS) is 10.6. The van der Waals surface area contributed by atoms with Gasteiger partial charge in [0.05, 0.1) is 35.7 Å². The van der Waals surface area contributed by atoms with Crippen LogP contribution in [0.15, 0.2) is 47.3 Å². The third-order valence-corrected chi connectivity index (χ3v) is 5.24. The quantitative estimate of drug-likeness (QED) is 0.329. The summed E-state index contributed by atoms with van der Waals surface area (Å²) in [5, 5.41) is 18.9. The van der Waals surface area contributed by atoms with Gasteiger partial charge >= 0.3 is 0 Å². The highest BCUT2D eigenvalue weighted by Gasteiger charge is 2.25. The number of benzene rings is 2. The van der Waals surface area contributed by atoms with Crippen molar-refractivity contribution in [1.82, 2.24) is 10.3 Å². The van der Waals surface area contributed by atoms with E-state index in [1.54, 1.807) is 35.2 Å². The molecule has 3 aromatic rings. The number of methoxy groups -OCH3 is 1. The predicted octanol–water partition coefficient (Wildman–Crippen LogP) is 3.96. The highest BCUT2D eigenvalue weighted by atomic mass is 32.1. The maximum atomic E-state index is 12.9. The van der Waals surface area contributed by atoms with Gasteiger partial charge in [0, 0.05) is 23.2 Å². The van der Waals surface area contributed by atoms with Gasteiger partial charge in [0.2, 0.25) is 5.91 Å². The van der Waals surface area contributed by atoms with Crippen molar-refractivity contribution in [2.24, 2.45) is 0 Å². The molecule has 2 aromatic carbocycles. The van der Waals surface area contributed by atoms with E-state index in [2.05, 4.69) is 15.6 Å². The number of ether oxygens (including phenoxy) is 2. The topological polar surface area (TPSA) is 133 Å². The summed E-state index contributed by atoms with van der Waals surface area (Å²) in [4.78, 5) is 39.9. The van der Waals surface area contributed by atoms with Gasteiger partial charge in [0.15, 0.2) is 11.5 Å². The molecule has 0 radical (unpaired) electrons. The standard InChI is InChI=1S/C23H24N4O6S/c1-14(2)25-22(28)8-15-4-6-16(7-5-15)26-23(29)18-9-20(32-3)21(10-19(18)27(30)31)33-11-17-12-34-13-24-17/h4-7,9-10,12-14H,8,11H2,1-3H3,(H,25,28)(H,26,29). The summed E-state index contributed by atoms with van der Waals surface area (Å²) in [6.07, 6.45) is 0.206. The Morgan fingerprint density at radius 3 is 2.50 bits per heavy atom. The summed E-state index contributed by atoms with van der Waals surface area (Å²) in [5.41, 5.74) is 2.91. The Bertz CT molecular complexity index is 1160. The fourth-order valence-corrected chi connectivity index (χ4v) is 3.62. The number of amides is 2. The number of thiazole rings is 1. The van der Waals surface area contributed by atoms with E-state index in [4.69, 9.17) is 9.47 Å². The summed E-state index contributed by atoms with van der Waals surface area (Å²) >= 11 is 1.40. The zero-order valence-corrected chi connectivity index (χ0v) is 19.7. The number of aromatic nitrogens is 1. The lowest BCUT2D eigenvalue weighted by Gasteiger charge is -2.13. The van der Waals surface area contributed by atoms with Crippen molar-refractivity contribution in [3.8, 4) is 11.5 Å². The van der Waals surface area contributed by atoms with Gasteiger partial charge in [-0.1, -0.05) is 12.1 Å². The molecule has 0 fully saturated rings. The molecule has 11 heteroatoms. The van der Waals surface area contributed by atoms with E-state index in [0.29, 0.717) is 11.4 Å². The fraction of sp³-hybridized carbons (Fsp3) is 0.261. The van der Waals surface area contributed by atoms with Gasteiger partial charge in [-0.25, -0.2) is 4.98 Å². The van der Waals surface area contributed by atoms with Crippen molar-refractivity contribution in [1.29, 1.82) is 0 Å². The average Bonchev–Trinajstić information content (AvgIpc) is 3.31. The summed E-state index contributed by atoms with van der Waals surface area (Å²) in [5.74, 6) is -0.479. The molecule has 0 spiro atoms. The zero-order chi connectivity index (χ0) is 24.7. The Morgan fingerprint density at radius 2 is 1.91 bits per heavy atom. The molecule has 0 saturated carbocycles. The van der Waals surface area contributed by atoms with Crippen LogP contribution < -0.4 is 20.1 Å². The SMILES string of the molecule is COc1cc(C(=O)Nc2ccc(CC(=O)NC(C)C)cc2)c([N+](=O)[O-])cc1OCc1cscn1. The molecule has 1 heterocycles. The van der Waals surface area contributed by atoms with Crippen molar-refractivity contribution >= 4 is 34.5 Å². The third kappa shape index (κ3) is 6.51. The van der Waals surface area contributed by atoms with E-state index in [1.807, 2.05) is 13.8 Å². The van der Waals surface area contributed by atoms with Crippen LogP contribution in [0.2, 0.25) is 0 Å². The smallest absolute Gasteiger partial charge is 0.286 e. The van der Waals surface area contributed by atoms with Gasteiger partial charge in [0.25, 0.3) is 11.6 Å². The molecular weight excluding hydrogens is 460 g/mol. The maximum absolute atomic E-state index is 12.9. The number of hydrogen-bond donors (Lipinski definition) is 2. The lowest BCUT2D eigenvalue weighted by molar-refractivity contribution is -0.385. The number of nitro benzene ring substituents is 1. The van der Waals surface area contributed by atoms with Crippen LogP contribution in [0.1, 0.15) is 35.5 Å². The molecule has 10 nitrogen and oxygen atoms in total. The summed E-state index contributed by atoms with van der Waals surface area (Å²) < 4.78 is 10.9. The number of anilines is 1. The number of rotatable bonds is 10. The van der Waals surface area contributed by atoms with Gasteiger partial charge in [-0.05, 0) is 31.5 Å². The molecule has 2 N–H and O–H groups in total. The Morgan fingerprint density at radius 1 is 1.18 bits per heavy atom. The average molecular weight is 485 g/mol. The summed E-state index contributed by atoms with van der Waals surface area (Å²) in [6, 6.07) is 9.15. The van der Waals surface area contributed by atoms with E-state index >= 15 is 0 Å². The molecule has 3 rings (SSSR count). The van der Waals surface area contributed by atoms with Crippen molar-refractivity contribution in [2.75, 3.05) is 12.4 Å². The van der Waals surface area contributed by atoms with Gasteiger partial charge in [-0.3, -0.25) is 19.7 Å². The molecule has 0 aliphatic carbocycles. The minimum absolute atomic E-state index is 0.0444. The van der Waals surface area contributed by atoms with Gasteiger partial charge in [0.1, 0.15) is 12.2 Å². The number of carbonyl (C=O) groups excluding carboxylic acids is 2. The summed E-state index contributed by atoms with van der Waals surface area (Å²) in [6.45, 7) is 3.86. The molecule has 34 heavy (non-hydrogen) atoms. The zero-order valence-electron chi connectivity index (χ0n) is 18.9. The molecule has 0 bridgehead atoms. The van der Waals surface area contributed by atoms with Crippen LogP contribution >= 0.6 is 11.3 Å². The molecule has 0 aliphatic heterocycles. The van der Waals surface area contributed by atoms with E-state index in [-0.39, 0.29) is 42.0 Å². The van der Waals surface area contributed by atoms with Gasteiger partial charge < -0.3 is 20.1 Å². The Kier molecular flexibility index (Phi) is 8.14. The van der Waals surface area contributed by atoms with Crippen molar-refractivity contribution < 1.29 is 24.0 Å². The van der Waals surface area contributed by atoms with Crippen LogP contribution in [0.3, 0.4) is 0 Å². The van der Waals surface area contributed by atoms with E-state index in [9.17, 15) is 19.7 Å².